The minimum atomic E-state index is -0.490. The second kappa shape index (κ2) is 6.36. The second-order valence-corrected chi connectivity index (χ2v) is 3.97. The number of methoxy groups -OCH3 is 2. The van der Waals surface area contributed by atoms with E-state index >= 15 is 0 Å². The molecule has 5 nitrogen and oxygen atoms in total. The number of hydrogen-bond acceptors (Lipinski definition) is 5. The van der Waals surface area contributed by atoms with Crippen LogP contribution in [0.25, 0.3) is 11.5 Å². The van der Waals surface area contributed by atoms with Crippen molar-refractivity contribution in [3.8, 4) is 11.5 Å². The number of rotatable bonds is 5. The lowest BCUT2D eigenvalue weighted by atomic mass is 10.1. The second-order valence-electron chi connectivity index (χ2n) is 3.97. The molecule has 0 fully saturated rings. The van der Waals surface area contributed by atoms with Crippen molar-refractivity contribution in [3.63, 3.8) is 0 Å². The highest BCUT2D eigenvalue weighted by Crippen LogP contribution is 2.20. The summed E-state index contributed by atoms with van der Waals surface area (Å²) < 4.78 is 10.4. The monoisotopic (exact) mass is 259 g/mol. The van der Waals surface area contributed by atoms with Crippen molar-refractivity contribution >= 4 is 0 Å². The van der Waals surface area contributed by atoms with Gasteiger partial charge in [0.2, 0.25) is 6.29 Å². The molecular formula is C14H17N3O2. The number of ether oxygens (including phenoxy) is 2. The maximum Gasteiger partial charge on any atom is 0.200 e. The van der Waals surface area contributed by atoms with Crippen LogP contribution in [0, 0.1) is 0 Å². The largest absolute Gasteiger partial charge is 0.350 e. The van der Waals surface area contributed by atoms with Crippen LogP contribution in [-0.2, 0) is 15.9 Å². The van der Waals surface area contributed by atoms with E-state index in [1.807, 2.05) is 12.1 Å². The van der Waals surface area contributed by atoms with Crippen molar-refractivity contribution in [2.45, 2.75) is 19.6 Å². The standard InChI is InChI=1S/C14H17N3O2/c1-4-10-6-5-8-15-12(10)13-16-9-7-11(17-13)14(18-2)19-3/h5-9,14H,4H2,1-3H3. The first-order valence-corrected chi connectivity index (χ1v) is 6.13. The average molecular weight is 259 g/mol. The van der Waals surface area contributed by atoms with Crippen LogP contribution in [0.5, 0.6) is 0 Å². The van der Waals surface area contributed by atoms with Crippen LogP contribution in [0.1, 0.15) is 24.5 Å². The van der Waals surface area contributed by atoms with E-state index in [0.29, 0.717) is 11.5 Å². The fraction of sp³-hybridized carbons (Fsp3) is 0.357. The smallest absolute Gasteiger partial charge is 0.200 e. The highest BCUT2D eigenvalue weighted by atomic mass is 16.7. The lowest BCUT2D eigenvalue weighted by Crippen LogP contribution is -2.08. The average Bonchev–Trinajstić information content (AvgIpc) is 2.49. The third-order valence-electron chi connectivity index (χ3n) is 2.83. The molecule has 0 aliphatic heterocycles. The van der Waals surface area contributed by atoms with Gasteiger partial charge < -0.3 is 9.47 Å². The molecular weight excluding hydrogens is 242 g/mol. The van der Waals surface area contributed by atoms with E-state index in [1.54, 1.807) is 32.7 Å². The number of aryl methyl sites for hydroxylation is 1. The molecule has 2 rings (SSSR count). The Kier molecular flexibility index (Phi) is 4.54. The van der Waals surface area contributed by atoms with Gasteiger partial charge in [0.1, 0.15) is 11.4 Å². The van der Waals surface area contributed by atoms with Crippen LogP contribution in [0.3, 0.4) is 0 Å². The molecule has 19 heavy (non-hydrogen) atoms. The predicted molar refractivity (Wildman–Crippen MR) is 71.4 cm³/mol. The lowest BCUT2D eigenvalue weighted by Gasteiger charge is -2.13. The summed E-state index contributed by atoms with van der Waals surface area (Å²) in [5.41, 5.74) is 2.60. The first-order chi connectivity index (χ1) is 9.30. The fourth-order valence-corrected chi connectivity index (χ4v) is 1.88. The van der Waals surface area contributed by atoms with Gasteiger partial charge in [-0.1, -0.05) is 13.0 Å². The van der Waals surface area contributed by atoms with Gasteiger partial charge >= 0.3 is 0 Å². The summed E-state index contributed by atoms with van der Waals surface area (Å²) >= 11 is 0. The molecule has 0 aromatic carbocycles. The zero-order valence-electron chi connectivity index (χ0n) is 11.3. The molecule has 5 heteroatoms. The molecule has 2 aromatic rings. The highest BCUT2D eigenvalue weighted by Gasteiger charge is 2.14. The molecule has 0 aliphatic carbocycles. The molecule has 2 heterocycles. The maximum atomic E-state index is 5.20. The Bertz CT molecular complexity index is 542. The van der Waals surface area contributed by atoms with Crippen LogP contribution in [-0.4, -0.2) is 29.2 Å². The van der Waals surface area contributed by atoms with E-state index in [1.165, 1.54) is 0 Å². The summed E-state index contributed by atoms with van der Waals surface area (Å²) in [5.74, 6) is 0.592. The molecule has 2 aromatic heterocycles. The topological polar surface area (TPSA) is 57.1 Å². The molecule has 100 valence electrons. The molecule has 0 amide bonds. The van der Waals surface area contributed by atoms with E-state index in [-0.39, 0.29) is 0 Å². The van der Waals surface area contributed by atoms with Crippen LogP contribution in [0.4, 0.5) is 0 Å². The zero-order valence-corrected chi connectivity index (χ0v) is 11.3. The van der Waals surface area contributed by atoms with Gasteiger partial charge in [-0.25, -0.2) is 9.97 Å². The highest BCUT2D eigenvalue weighted by molar-refractivity contribution is 5.54. The SMILES string of the molecule is CCc1cccnc1-c1nccc(C(OC)OC)n1. The summed E-state index contributed by atoms with van der Waals surface area (Å²) in [5, 5.41) is 0. The van der Waals surface area contributed by atoms with Gasteiger partial charge in [-0.2, -0.15) is 0 Å². The summed E-state index contributed by atoms with van der Waals surface area (Å²) in [6, 6.07) is 5.72. The van der Waals surface area contributed by atoms with Gasteiger partial charge in [0.15, 0.2) is 5.82 Å². The van der Waals surface area contributed by atoms with Crippen molar-refractivity contribution < 1.29 is 9.47 Å². The van der Waals surface area contributed by atoms with Gasteiger partial charge in [0.25, 0.3) is 0 Å². The van der Waals surface area contributed by atoms with Crippen LogP contribution in [0.15, 0.2) is 30.6 Å². The summed E-state index contributed by atoms with van der Waals surface area (Å²) in [4.78, 5) is 13.1. The molecule has 0 bridgehead atoms. The minimum absolute atomic E-state index is 0.490. The Morgan fingerprint density at radius 2 is 1.89 bits per heavy atom. The Hall–Kier alpha value is -1.85. The van der Waals surface area contributed by atoms with Gasteiger partial charge in [0, 0.05) is 26.6 Å². The first kappa shape index (κ1) is 13.6. The predicted octanol–water partition coefficient (Wildman–Crippen LogP) is 2.39. The van der Waals surface area contributed by atoms with Gasteiger partial charge in [-0.15, -0.1) is 0 Å². The molecule has 0 saturated heterocycles. The summed E-state index contributed by atoms with van der Waals surface area (Å²) in [6.07, 6.45) is 3.83. The quantitative estimate of drug-likeness (QED) is 0.772. The number of aromatic nitrogens is 3. The van der Waals surface area contributed by atoms with Gasteiger partial charge in [-0.05, 0) is 24.1 Å². The normalized spacial score (nSPS) is 10.9. The van der Waals surface area contributed by atoms with E-state index in [2.05, 4.69) is 21.9 Å². The first-order valence-electron chi connectivity index (χ1n) is 6.13. The number of hydrogen-bond donors (Lipinski definition) is 0. The molecule has 0 saturated carbocycles. The third-order valence-corrected chi connectivity index (χ3v) is 2.83. The fourth-order valence-electron chi connectivity index (χ4n) is 1.88. The maximum absolute atomic E-state index is 5.20. The van der Waals surface area contributed by atoms with E-state index in [0.717, 1.165) is 17.7 Å². The third kappa shape index (κ3) is 2.94. The molecule has 0 unspecified atom stereocenters. The van der Waals surface area contributed by atoms with E-state index in [9.17, 15) is 0 Å². The van der Waals surface area contributed by atoms with Crippen molar-refractivity contribution in [1.82, 2.24) is 15.0 Å². The zero-order chi connectivity index (χ0) is 13.7. The Balaban J connectivity index is 2.43. The van der Waals surface area contributed by atoms with E-state index < -0.39 is 6.29 Å². The molecule has 0 atom stereocenters. The molecule has 0 spiro atoms. The Morgan fingerprint density at radius 1 is 1.11 bits per heavy atom. The van der Waals surface area contributed by atoms with Crippen molar-refractivity contribution in [2.24, 2.45) is 0 Å². The Labute approximate surface area is 112 Å². The van der Waals surface area contributed by atoms with Gasteiger partial charge in [0.05, 0.1) is 0 Å². The minimum Gasteiger partial charge on any atom is -0.350 e. The lowest BCUT2D eigenvalue weighted by molar-refractivity contribution is -0.108. The van der Waals surface area contributed by atoms with Crippen LogP contribution < -0.4 is 0 Å². The van der Waals surface area contributed by atoms with Crippen LogP contribution in [0.2, 0.25) is 0 Å². The van der Waals surface area contributed by atoms with Crippen molar-refractivity contribution in [2.75, 3.05) is 14.2 Å². The number of pyridine rings is 1. The van der Waals surface area contributed by atoms with Crippen LogP contribution >= 0.6 is 0 Å². The summed E-state index contributed by atoms with van der Waals surface area (Å²) in [6.45, 7) is 2.08. The van der Waals surface area contributed by atoms with E-state index in [4.69, 9.17) is 9.47 Å². The van der Waals surface area contributed by atoms with Crippen molar-refractivity contribution in [1.29, 1.82) is 0 Å². The molecule has 0 radical (unpaired) electrons. The Morgan fingerprint density at radius 3 is 2.58 bits per heavy atom. The summed E-state index contributed by atoms with van der Waals surface area (Å²) in [7, 11) is 3.16. The molecule has 0 N–H and O–H groups in total. The number of nitrogens with zero attached hydrogens (tertiary/aromatic N) is 3. The van der Waals surface area contributed by atoms with Gasteiger partial charge in [-0.3, -0.25) is 4.98 Å². The molecule has 0 aliphatic rings. The van der Waals surface area contributed by atoms with Crippen molar-refractivity contribution in [3.05, 3.63) is 41.9 Å².